The van der Waals surface area contributed by atoms with E-state index in [4.69, 9.17) is 9.47 Å². The van der Waals surface area contributed by atoms with Crippen molar-refractivity contribution in [3.63, 3.8) is 0 Å². The van der Waals surface area contributed by atoms with Gasteiger partial charge in [-0.25, -0.2) is 9.18 Å². The van der Waals surface area contributed by atoms with Crippen molar-refractivity contribution in [1.82, 2.24) is 9.55 Å². The van der Waals surface area contributed by atoms with Crippen LogP contribution in [0.25, 0.3) is 0 Å². The van der Waals surface area contributed by atoms with Crippen LogP contribution in [0.5, 0.6) is 0 Å². The van der Waals surface area contributed by atoms with Crippen LogP contribution in [0.1, 0.15) is 26.5 Å². The number of H-pyrrole nitrogens is 1. The smallest absolute Gasteiger partial charge is 0.330 e. The quantitative estimate of drug-likeness (QED) is 0.797. The van der Waals surface area contributed by atoms with E-state index in [1.54, 1.807) is 6.92 Å². The van der Waals surface area contributed by atoms with Crippen LogP contribution >= 0.6 is 0 Å². The number of aromatic nitrogens is 2. The summed E-state index contributed by atoms with van der Waals surface area (Å²) in [6.45, 7) is 2.63. The van der Waals surface area contributed by atoms with Gasteiger partial charge in [0, 0.05) is 18.7 Å². The Morgan fingerprint density at radius 1 is 1.65 bits per heavy atom. The van der Waals surface area contributed by atoms with Gasteiger partial charge in [-0.15, -0.1) is 0 Å². The van der Waals surface area contributed by atoms with E-state index in [1.807, 2.05) is 4.98 Å². The summed E-state index contributed by atoms with van der Waals surface area (Å²) in [6.07, 6.45) is -1.09. The fraction of sp³-hybridized carbons (Fsp3) is 0.583. The van der Waals surface area contributed by atoms with Crippen LogP contribution in [-0.2, 0) is 14.3 Å². The van der Waals surface area contributed by atoms with Crippen molar-refractivity contribution >= 4 is 5.97 Å². The lowest BCUT2D eigenvalue weighted by Gasteiger charge is -2.26. The highest BCUT2D eigenvalue weighted by atomic mass is 19.1. The topological polar surface area (TPSA) is 90.4 Å². The molecule has 8 heteroatoms. The van der Waals surface area contributed by atoms with Crippen LogP contribution < -0.4 is 11.2 Å². The number of carbonyl (C=O) groups is 1. The summed E-state index contributed by atoms with van der Waals surface area (Å²) >= 11 is 0. The molecule has 3 unspecified atom stereocenters. The van der Waals surface area contributed by atoms with E-state index in [0.29, 0.717) is 0 Å². The molecule has 110 valence electrons. The predicted molar refractivity (Wildman–Crippen MR) is 66.0 cm³/mol. The molecule has 0 bridgehead atoms. The zero-order valence-electron chi connectivity index (χ0n) is 11.1. The van der Waals surface area contributed by atoms with Crippen LogP contribution in [0.4, 0.5) is 4.39 Å². The number of hydrogen-bond donors (Lipinski definition) is 1. The Morgan fingerprint density at radius 3 is 2.95 bits per heavy atom. The number of ether oxygens (including phenoxy) is 2. The summed E-state index contributed by atoms with van der Waals surface area (Å²) in [5, 5.41) is 0. The second-order valence-electron chi connectivity index (χ2n) is 4.69. The number of hydrogen-bond acceptors (Lipinski definition) is 5. The number of alkyl halides is 1. The molecule has 1 saturated heterocycles. The van der Waals surface area contributed by atoms with Crippen LogP contribution in [0.2, 0.25) is 0 Å². The lowest BCUT2D eigenvalue weighted by Crippen LogP contribution is -2.44. The molecule has 2 heterocycles. The summed E-state index contributed by atoms with van der Waals surface area (Å²) in [6, 6.07) is 1.09. The molecule has 0 amide bonds. The van der Waals surface area contributed by atoms with Crippen molar-refractivity contribution in [2.75, 3.05) is 6.61 Å². The molecule has 0 aromatic carbocycles. The van der Waals surface area contributed by atoms with Gasteiger partial charge in [-0.3, -0.25) is 19.1 Å². The normalized spacial score (nSPS) is 29.4. The Morgan fingerprint density at radius 2 is 2.35 bits per heavy atom. The van der Waals surface area contributed by atoms with E-state index in [0.717, 1.165) is 16.8 Å². The summed E-state index contributed by atoms with van der Waals surface area (Å²) in [5.74, 6) is -0.544. The van der Waals surface area contributed by atoms with Gasteiger partial charge in [0.1, 0.15) is 0 Å². The second-order valence-corrected chi connectivity index (χ2v) is 4.69. The molecule has 0 saturated carbocycles. The van der Waals surface area contributed by atoms with Crippen LogP contribution in [0.3, 0.4) is 0 Å². The first-order valence-corrected chi connectivity index (χ1v) is 6.17. The lowest BCUT2D eigenvalue weighted by molar-refractivity contribution is -0.154. The van der Waals surface area contributed by atoms with Crippen molar-refractivity contribution in [3.8, 4) is 0 Å². The molecule has 1 fully saturated rings. The molecule has 2 rings (SSSR count). The molecule has 1 N–H and O–H groups in total. The van der Waals surface area contributed by atoms with Crippen molar-refractivity contribution in [2.24, 2.45) is 0 Å². The van der Waals surface area contributed by atoms with E-state index in [2.05, 4.69) is 0 Å². The van der Waals surface area contributed by atoms with E-state index in [-0.39, 0.29) is 13.0 Å². The minimum Gasteiger partial charge on any atom is -0.456 e. The van der Waals surface area contributed by atoms with E-state index in [1.165, 1.54) is 6.92 Å². The van der Waals surface area contributed by atoms with Crippen LogP contribution in [-0.4, -0.2) is 33.9 Å². The fourth-order valence-electron chi connectivity index (χ4n) is 2.02. The largest absolute Gasteiger partial charge is 0.456 e. The minimum absolute atomic E-state index is 0.121. The molecular weight excluding hydrogens is 271 g/mol. The molecule has 0 radical (unpaired) electrons. The maximum absolute atomic E-state index is 14.7. The molecule has 0 aliphatic carbocycles. The average Bonchev–Trinajstić information content (AvgIpc) is 2.65. The maximum atomic E-state index is 14.7. The molecule has 1 aliphatic heterocycles. The van der Waals surface area contributed by atoms with Gasteiger partial charge in [0.05, 0.1) is 6.61 Å². The number of aromatic amines is 1. The fourth-order valence-corrected chi connectivity index (χ4v) is 2.02. The van der Waals surface area contributed by atoms with Gasteiger partial charge < -0.3 is 9.47 Å². The molecule has 1 aromatic heterocycles. The van der Waals surface area contributed by atoms with Crippen molar-refractivity contribution < 1.29 is 18.7 Å². The zero-order chi connectivity index (χ0) is 14.9. The number of carbonyl (C=O) groups excluding carboxylic acids is 1. The Balaban J connectivity index is 2.29. The number of nitrogens with one attached hydrogen (secondary N) is 1. The summed E-state index contributed by atoms with van der Waals surface area (Å²) in [7, 11) is 0. The number of esters is 1. The zero-order valence-corrected chi connectivity index (χ0v) is 11.1. The Labute approximate surface area is 113 Å². The van der Waals surface area contributed by atoms with Gasteiger partial charge in [0.25, 0.3) is 5.56 Å². The van der Waals surface area contributed by atoms with Crippen LogP contribution in [0, 0.1) is 0 Å². The Hall–Kier alpha value is -1.96. The highest BCUT2D eigenvalue weighted by Crippen LogP contribution is 2.38. The highest BCUT2D eigenvalue weighted by molar-refractivity contribution is 5.69. The molecular formula is C12H15FN2O5. The summed E-state index contributed by atoms with van der Waals surface area (Å²) < 4.78 is 25.9. The van der Waals surface area contributed by atoms with Gasteiger partial charge in [-0.05, 0) is 6.92 Å². The van der Waals surface area contributed by atoms with E-state index < -0.39 is 35.2 Å². The molecule has 1 aromatic rings. The number of nitrogens with zero attached hydrogens (tertiary/aromatic N) is 1. The third-order valence-corrected chi connectivity index (χ3v) is 3.18. The third kappa shape index (κ3) is 2.51. The third-order valence-electron chi connectivity index (χ3n) is 3.18. The van der Waals surface area contributed by atoms with Gasteiger partial charge in [0.15, 0.2) is 18.0 Å². The van der Waals surface area contributed by atoms with Gasteiger partial charge >= 0.3 is 11.7 Å². The predicted octanol–water partition coefficient (Wildman–Crippen LogP) is 0.115. The van der Waals surface area contributed by atoms with Gasteiger partial charge in [-0.2, -0.15) is 0 Å². The first-order chi connectivity index (χ1) is 9.36. The Kier molecular flexibility index (Phi) is 3.76. The average molecular weight is 286 g/mol. The van der Waals surface area contributed by atoms with Crippen molar-refractivity contribution in [3.05, 3.63) is 33.1 Å². The maximum Gasteiger partial charge on any atom is 0.330 e. The summed E-state index contributed by atoms with van der Waals surface area (Å²) in [5.41, 5.74) is -3.44. The Bertz CT molecular complexity index is 621. The van der Waals surface area contributed by atoms with Crippen molar-refractivity contribution in [1.29, 1.82) is 0 Å². The first-order valence-electron chi connectivity index (χ1n) is 6.17. The standard InChI is InChI=1S/C12H15FN2O5/c1-3-9(17)20-7-6-19-10(12(7,2)13)15-5-4-8(16)14-11(15)18/h4-5,7,10H,3,6H2,1-2H3,(H,14,16,18). The second kappa shape index (κ2) is 5.20. The van der Waals surface area contributed by atoms with Crippen LogP contribution in [0.15, 0.2) is 21.9 Å². The van der Waals surface area contributed by atoms with Crippen molar-refractivity contribution in [2.45, 2.75) is 38.3 Å². The van der Waals surface area contributed by atoms with E-state index in [9.17, 15) is 18.8 Å². The molecule has 7 nitrogen and oxygen atoms in total. The SMILES string of the molecule is CCC(=O)OC1COC(n2ccc(=O)[nH]c2=O)C1(C)F. The number of halogens is 1. The minimum atomic E-state index is -2.08. The number of rotatable bonds is 3. The monoisotopic (exact) mass is 286 g/mol. The molecule has 1 aliphatic rings. The molecule has 3 atom stereocenters. The van der Waals surface area contributed by atoms with Gasteiger partial charge in [-0.1, -0.05) is 6.92 Å². The highest BCUT2D eigenvalue weighted by Gasteiger charge is 2.52. The first kappa shape index (κ1) is 14.4. The lowest BCUT2D eigenvalue weighted by atomic mass is 10.0. The summed E-state index contributed by atoms with van der Waals surface area (Å²) in [4.78, 5) is 35.9. The molecule has 0 spiro atoms. The molecule has 20 heavy (non-hydrogen) atoms. The van der Waals surface area contributed by atoms with Gasteiger partial charge in [0.2, 0.25) is 0 Å². The van der Waals surface area contributed by atoms with E-state index >= 15 is 0 Å².